The lowest BCUT2D eigenvalue weighted by Gasteiger charge is -1.95. The van der Waals surface area contributed by atoms with E-state index in [0.29, 0.717) is 5.82 Å². The van der Waals surface area contributed by atoms with Gasteiger partial charge < -0.3 is 10.2 Å². The Labute approximate surface area is 76.0 Å². The van der Waals surface area contributed by atoms with Crippen molar-refractivity contribution in [2.45, 2.75) is 6.92 Å². The van der Waals surface area contributed by atoms with Gasteiger partial charge in [0.15, 0.2) is 5.82 Å². The largest absolute Gasteiger partial charge is 0.464 e. The fraction of sp³-hybridized carbons (Fsp3) is 0.222. The van der Waals surface area contributed by atoms with Crippen LogP contribution in [0.1, 0.15) is 5.69 Å². The maximum Gasteiger partial charge on any atom is 0.156 e. The molecule has 0 bridgehead atoms. The standard InChI is InChI=1S/C9H11N3O/c1-6-8(7-4-3-5-13-7)9(10)11-12(6)2/h3-5H,1-2H3,(H2,10,11). The molecular formula is C9H11N3O. The minimum atomic E-state index is 0.509. The van der Waals surface area contributed by atoms with Gasteiger partial charge in [-0.25, -0.2) is 0 Å². The highest BCUT2D eigenvalue weighted by atomic mass is 16.3. The van der Waals surface area contributed by atoms with Crippen LogP contribution < -0.4 is 5.73 Å². The van der Waals surface area contributed by atoms with Gasteiger partial charge in [-0.05, 0) is 19.1 Å². The topological polar surface area (TPSA) is 57.0 Å². The van der Waals surface area contributed by atoms with Crippen LogP contribution in [0.2, 0.25) is 0 Å². The van der Waals surface area contributed by atoms with Crippen molar-refractivity contribution in [2.24, 2.45) is 7.05 Å². The van der Waals surface area contributed by atoms with Crippen LogP contribution in [0.4, 0.5) is 5.82 Å². The molecule has 0 aliphatic carbocycles. The Morgan fingerprint density at radius 2 is 2.31 bits per heavy atom. The highest BCUT2D eigenvalue weighted by molar-refractivity contribution is 5.72. The number of aromatic nitrogens is 2. The predicted molar refractivity (Wildman–Crippen MR) is 50.1 cm³/mol. The van der Waals surface area contributed by atoms with Crippen LogP contribution in [0.25, 0.3) is 11.3 Å². The molecule has 2 aromatic heterocycles. The zero-order chi connectivity index (χ0) is 9.42. The molecule has 0 aliphatic rings. The first-order valence-corrected chi connectivity index (χ1v) is 4.03. The van der Waals surface area contributed by atoms with Crippen molar-refractivity contribution in [3.8, 4) is 11.3 Å². The van der Waals surface area contributed by atoms with Gasteiger partial charge in [0.05, 0.1) is 11.8 Å². The van der Waals surface area contributed by atoms with Gasteiger partial charge >= 0.3 is 0 Å². The average Bonchev–Trinajstić information content (AvgIpc) is 2.63. The number of aryl methyl sites for hydroxylation is 1. The van der Waals surface area contributed by atoms with E-state index in [2.05, 4.69) is 5.10 Å². The fourth-order valence-electron chi connectivity index (χ4n) is 1.36. The van der Waals surface area contributed by atoms with Crippen LogP contribution in [-0.4, -0.2) is 9.78 Å². The van der Waals surface area contributed by atoms with Crippen molar-refractivity contribution in [2.75, 3.05) is 5.73 Å². The predicted octanol–water partition coefficient (Wildman–Crippen LogP) is 1.57. The Kier molecular flexibility index (Phi) is 1.62. The van der Waals surface area contributed by atoms with Crippen LogP contribution in [-0.2, 0) is 7.05 Å². The molecule has 0 fully saturated rings. The number of furan rings is 1. The summed E-state index contributed by atoms with van der Waals surface area (Å²) in [7, 11) is 1.86. The number of nitrogens with zero attached hydrogens (tertiary/aromatic N) is 2. The molecule has 0 aliphatic heterocycles. The highest BCUT2D eigenvalue weighted by Crippen LogP contribution is 2.28. The van der Waals surface area contributed by atoms with E-state index in [1.165, 1.54) is 0 Å². The van der Waals surface area contributed by atoms with E-state index in [-0.39, 0.29) is 0 Å². The van der Waals surface area contributed by atoms with E-state index in [1.54, 1.807) is 10.9 Å². The quantitative estimate of drug-likeness (QED) is 0.719. The van der Waals surface area contributed by atoms with Gasteiger partial charge in [-0.1, -0.05) is 0 Å². The smallest absolute Gasteiger partial charge is 0.156 e. The molecule has 0 amide bonds. The second kappa shape index (κ2) is 2.65. The molecular weight excluding hydrogens is 166 g/mol. The molecule has 0 saturated carbocycles. The Balaban J connectivity index is 2.64. The minimum absolute atomic E-state index is 0.509. The van der Waals surface area contributed by atoms with Crippen molar-refractivity contribution >= 4 is 5.82 Å². The first kappa shape index (κ1) is 7.91. The molecule has 0 spiro atoms. The Bertz CT molecular complexity index is 414. The number of rotatable bonds is 1. The Hall–Kier alpha value is -1.71. The van der Waals surface area contributed by atoms with Gasteiger partial charge in [-0.3, -0.25) is 4.68 Å². The molecule has 2 aromatic rings. The summed E-state index contributed by atoms with van der Waals surface area (Å²) in [5.41, 5.74) is 7.63. The molecule has 2 heterocycles. The van der Waals surface area contributed by atoms with E-state index in [1.807, 2.05) is 26.1 Å². The summed E-state index contributed by atoms with van der Waals surface area (Å²) in [5.74, 6) is 1.28. The molecule has 0 aromatic carbocycles. The van der Waals surface area contributed by atoms with E-state index >= 15 is 0 Å². The van der Waals surface area contributed by atoms with Gasteiger partial charge in [-0.2, -0.15) is 5.10 Å². The van der Waals surface area contributed by atoms with Crippen LogP contribution in [0.5, 0.6) is 0 Å². The number of hydrogen-bond acceptors (Lipinski definition) is 3. The maximum absolute atomic E-state index is 5.74. The summed E-state index contributed by atoms with van der Waals surface area (Å²) >= 11 is 0. The van der Waals surface area contributed by atoms with Gasteiger partial charge in [-0.15, -0.1) is 0 Å². The fourth-order valence-corrected chi connectivity index (χ4v) is 1.36. The lowest BCUT2D eigenvalue weighted by molar-refractivity contribution is 0.582. The van der Waals surface area contributed by atoms with Crippen LogP contribution >= 0.6 is 0 Å². The number of nitrogen functional groups attached to an aromatic ring is 1. The third-order valence-corrected chi connectivity index (χ3v) is 2.13. The monoisotopic (exact) mass is 177 g/mol. The summed E-state index contributed by atoms with van der Waals surface area (Å²) in [6.45, 7) is 1.96. The Morgan fingerprint density at radius 3 is 2.77 bits per heavy atom. The van der Waals surface area contributed by atoms with Gasteiger partial charge in [0.1, 0.15) is 5.76 Å². The maximum atomic E-state index is 5.74. The van der Waals surface area contributed by atoms with Crippen LogP contribution in [0, 0.1) is 6.92 Å². The lowest BCUT2D eigenvalue weighted by atomic mass is 10.2. The van der Waals surface area contributed by atoms with Crippen molar-refractivity contribution in [1.29, 1.82) is 0 Å². The molecule has 0 atom stereocenters. The summed E-state index contributed by atoms with van der Waals surface area (Å²) in [5, 5.41) is 4.10. The second-order valence-electron chi connectivity index (χ2n) is 2.95. The molecule has 0 unspecified atom stereocenters. The summed E-state index contributed by atoms with van der Waals surface area (Å²) in [6.07, 6.45) is 1.63. The van der Waals surface area contributed by atoms with Crippen molar-refractivity contribution in [3.63, 3.8) is 0 Å². The van der Waals surface area contributed by atoms with Crippen LogP contribution in [0.3, 0.4) is 0 Å². The molecule has 13 heavy (non-hydrogen) atoms. The van der Waals surface area contributed by atoms with Crippen molar-refractivity contribution in [1.82, 2.24) is 9.78 Å². The molecule has 68 valence electrons. The van der Waals surface area contributed by atoms with Gasteiger partial charge in [0, 0.05) is 12.7 Å². The van der Waals surface area contributed by atoms with Crippen LogP contribution in [0.15, 0.2) is 22.8 Å². The number of anilines is 1. The lowest BCUT2D eigenvalue weighted by Crippen LogP contribution is -1.93. The summed E-state index contributed by atoms with van der Waals surface area (Å²) in [6, 6.07) is 3.71. The molecule has 2 rings (SSSR count). The third-order valence-electron chi connectivity index (χ3n) is 2.13. The third kappa shape index (κ3) is 1.11. The van der Waals surface area contributed by atoms with Gasteiger partial charge in [0.2, 0.25) is 0 Å². The highest BCUT2D eigenvalue weighted by Gasteiger charge is 2.13. The van der Waals surface area contributed by atoms with Crippen molar-refractivity contribution < 1.29 is 4.42 Å². The molecule has 2 N–H and O–H groups in total. The van der Waals surface area contributed by atoms with E-state index in [4.69, 9.17) is 10.2 Å². The Morgan fingerprint density at radius 1 is 1.54 bits per heavy atom. The average molecular weight is 177 g/mol. The molecule has 4 nitrogen and oxygen atoms in total. The zero-order valence-corrected chi connectivity index (χ0v) is 7.61. The zero-order valence-electron chi connectivity index (χ0n) is 7.61. The minimum Gasteiger partial charge on any atom is -0.464 e. The normalized spacial score (nSPS) is 10.6. The molecule has 4 heteroatoms. The number of nitrogens with two attached hydrogens (primary N) is 1. The summed E-state index contributed by atoms with van der Waals surface area (Å²) in [4.78, 5) is 0. The van der Waals surface area contributed by atoms with Crippen molar-refractivity contribution in [3.05, 3.63) is 24.1 Å². The molecule has 0 radical (unpaired) electrons. The first-order chi connectivity index (χ1) is 6.20. The molecule has 0 saturated heterocycles. The first-order valence-electron chi connectivity index (χ1n) is 4.03. The second-order valence-corrected chi connectivity index (χ2v) is 2.95. The van der Waals surface area contributed by atoms with E-state index in [0.717, 1.165) is 17.0 Å². The van der Waals surface area contributed by atoms with Gasteiger partial charge in [0.25, 0.3) is 0 Å². The SMILES string of the molecule is Cc1c(-c2ccco2)c(N)nn1C. The number of hydrogen-bond donors (Lipinski definition) is 1. The van der Waals surface area contributed by atoms with E-state index < -0.39 is 0 Å². The van der Waals surface area contributed by atoms with E-state index in [9.17, 15) is 0 Å². The summed E-state index contributed by atoms with van der Waals surface area (Å²) < 4.78 is 7.00.